The summed E-state index contributed by atoms with van der Waals surface area (Å²) >= 11 is 11.9. The van der Waals surface area contributed by atoms with Gasteiger partial charge in [-0.3, -0.25) is 9.59 Å². The lowest BCUT2D eigenvalue weighted by molar-refractivity contribution is -0.185. The lowest BCUT2D eigenvalue weighted by Crippen LogP contribution is -2.45. The number of hydrogen-bond acceptors (Lipinski definition) is 3. The highest BCUT2D eigenvalue weighted by molar-refractivity contribution is 6.61. The van der Waals surface area contributed by atoms with Crippen molar-refractivity contribution >= 4 is 35.0 Å². The molecule has 1 aliphatic rings. The summed E-state index contributed by atoms with van der Waals surface area (Å²) in [6, 6.07) is 5.93. The summed E-state index contributed by atoms with van der Waals surface area (Å²) in [6.45, 7) is 2.47. The van der Waals surface area contributed by atoms with E-state index >= 15 is 0 Å². The normalized spacial score (nSPS) is 22.0. The van der Waals surface area contributed by atoms with Crippen molar-refractivity contribution in [2.24, 2.45) is 5.92 Å². The second-order valence-electron chi connectivity index (χ2n) is 6.03. The fourth-order valence-electron chi connectivity index (χ4n) is 2.83. The van der Waals surface area contributed by atoms with Crippen molar-refractivity contribution in [3.8, 4) is 0 Å². The number of ether oxygens (including phenoxy) is 1. The molecule has 0 bridgehead atoms. The Bertz CT molecular complexity index is 656. The third-order valence-electron chi connectivity index (χ3n) is 4.45. The molecule has 0 aromatic heterocycles. The third kappa shape index (κ3) is 3.95. The average molecular weight is 397 g/mol. The van der Waals surface area contributed by atoms with E-state index in [0.717, 1.165) is 6.92 Å². The van der Waals surface area contributed by atoms with Crippen LogP contribution in [0.3, 0.4) is 0 Å². The van der Waals surface area contributed by atoms with Crippen molar-refractivity contribution in [1.82, 2.24) is 0 Å². The first-order valence-corrected chi connectivity index (χ1v) is 8.50. The first-order chi connectivity index (χ1) is 11.5. The molecule has 0 heterocycles. The quantitative estimate of drug-likeness (QED) is 0.532. The Morgan fingerprint density at radius 3 is 2.28 bits per heavy atom. The van der Waals surface area contributed by atoms with E-state index in [4.69, 9.17) is 27.9 Å². The van der Waals surface area contributed by atoms with Crippen LogP contribution in [0.1, 0.15) is 43.2 Å². The number of benzene rings is 1. The second kappa shape index (κ2) is 7.16. The van der Waals surface area contributed by atoms with Gasteiger partial charge >= 0.3 is 12.1 Å². The molecule has 1 saturated carbocycles. The fraction of sp³-hybridized carbons (Fsp3) is 0.529. The maximum atomic E-state index is 13.1. The number of alkyl halides is 5. The molecular weight excluding hydrogens is 380 g/mol. The molecule has 1 fully saturated rings. The van der Waals surface area contributed by atoms with Gasteiger partial charge in [-0.05, 0) is 18.1 Å². The number of Topliss-reactive ketones (excluding diaryl/α,β-unsaturated/α-hetero) is 1. The topological polar surface area (TPSA) is 43.4 Å². The molecule has 1 aromatic carbocycles. The molecular formula is C17H17Cl2F3O3. The van der Waals surface area contributed by atoms with Crippen molar-refractivity contribution in [3.63, 3.8) is 0 Å². The molecule has 3 nitrogen and oxygen atoms in total. The molecule has 2 rings (SSSR count). The second-order valence-corrected chi connectivity index (χ2v) is 7.42. The number of rotatable bonds is 5. The van der Waals surface area contributed by atoms with Gasteiger partial charge < -0.3 is 4.74 Å². The van der Waals surface area contributed by atoms with E-state index in [2.05, 4.69) is 0 Å². The molecule has 3 atom stereocenters. The van der Waals surface area contributed by atoms with Gasteiger partial charge in [0.25, 0.3) is 0 Å². The number of ketones is 1. The number of carbonyl (C=O) groups is 2. The molecule has 25 heavy (non-hydrogen) atoms. The largest absolute Gasteiger partial charge is 0.466 e. The molecule has 1 aliphatic carbocycles. The van der Waals surface area contributed by atoms with Crippen molar-refractivity contribution < 1.29 is 27.5 Å². The summed E-state index contributed by atoms with van der Waals surface area (Å²) in [5, 5.41) is 0. The standard InChI is InChI=1S/C17H17Cl2F3O3/c1-3-25-15(24)14(9(2)17(20,21)22)11-6-4-10(5-7-11)12-8-13(23)16(12,18)19/h4-7,9,12,14H,3,8H2,1-2H3/t9-,12?,14?/m1/s1. The van der Waals surface area contributed by atoms with Crippen LogP contribution in [0.2, 0.25) is 0 Å². The third-order valence-corrected chi connectivity index (χ3v) is 5.40. The van der Waals surface area contributed by atoms with Crippen LogP contribution in [-0.4, -0.2) is 28.9 Å². The van der Waals surface area contributed by atoms with E-state index in [9.17, 15) is 22.8 Å². The molecule has 0 spiro atoms. The van der Waals surface area contributed by atoms with Crippen LogP contribution in [0.25, 0.3) is 0 Å². The van der Waals surface area contributed by atoms with Gasteiger partial charge in [0.05, 0.1) is 18.4 Å². The Hall–Kier alpha value is -1.27. The minimum Gasteiger partial charge on any atom is -0.466 e. The van der Waals surface area contributed by atoms with Gasteiger partial charge in [0.15, 0.2) is 10.1 Å². The minimum absolute atomic E-state index is 0.0107. The number of hydrogen-bond donors (Lipinski definition) is 0. The summed E-state index contributed by atoms with van der Waals surface area (Å²) in [7, 11) is 0. The maximum Gasteiger partial charge on any atom is 0.392 e. The summed E-state index contributed by atoms with van der Waals surface area (Å²) in [5.41, 5.74) is 0.822. The highest BCUT2D eigenvalue weighted by atomic mass is 35.5. The molecule has 0 amide bonds. The Morgan fingerprint density at radius 1 is 1.32 bits per heavy atom. The average Bonchev–Trinajstić information content (AvgIpc) is 2.53. The van der Waals surface area contributed by atoms with E-state index < -0.39 is 34.2 Å². The van der Waals surface area contributed by atoms with Gasteiger partial charge in [0, 0.05) is 12.3 Å². The van der Waals surface area contributed by atoms with Crippen molar-refractivity contribution in [2.75, 3.05) is 6.61 Å². The van der Waals surface area contributed by atoms with Crippen LogP contribution in [0.4, 0.5) is 13.2 Å². The maximum absolute atomic E-state index is 13.1. The monoisotopic (exact) mass is 396 g/mol. The van der Waals surface area contributed by atoms with Crippen LogP contribution >= 0.6 is 23.2 Å². The van der Waals surface area contributed by atoms with E-state index in [0.29, 0.717) is 5.56 Å². The van der Waals surface area contributed by atoms with E-state index in [1.807, 2.05) is 0 Å². The molecule has 138 valence electrons. The zero-order valence-corrected chi connectivity index (χ0v) is 15.1. The molecule has 0 aliphatic heterocycles. The van der Waals surface area contributed by atoms with Gasteiger partial charge in [-0.2, -0.15) is 13.2 Å². The first-order valence-electron chi connectivity index (χ1n) is 7.74. The zero-order valence-electron chi connectivity index (χ0n) is 13.6. The van der Waals surface area contributed by atoms with Gasteiger partial charge in [0.1, 0.15) is 0 Å². The van der Waals surface area contributed by atoms with Gasteiger partial charge in [-0.15, -0.1) is 0 Å². The molecule has 2 unspecified atom stereocenters. The van der Waals surface area contributed by atoms with Gasteiger partial charge in [0.2, 0.25) is 0 Å². The smallest absolute Gasteiger partial charge is 0.392 e. The summed E-state index contributed by atoms with van der Waals surface area (Å²) in [6.07, 6.45) is -4.37. The first kappa shape index (κ1) is 20.0. The van der Waals surface area contributed by atoms with Crippen LogP contribution < -0.4 is 0 Å². The van der Waals surface area contributed by atoms with Gasteiger partial charge in [-0.1, -0.05) is 54.4 Å². The lowest BCUT2D eigenvalue weighted by atomic mass is 9.76. The molecule has 1 aromatic rings. The Labute approximate surface area is 153 Å². The van der Waals surface area contributed by atoms with Crippen molar-refractivity contribution in [2.45, 2.75) is 42.6 Å². The Kier molecular flexibility index (Phi) is 5.74. The van der Waals surface area contributed by atoms with E-state index in [-0.39, 0.29) is 24.4 Å². The number of halogens is 5. The minimum atomic E-state index is -4.54. The predicted molar refractivity (Wildman–Crippen MR) is 87.8 cm³/mol. The lowest BCUT2D eigenvalue weighted by Gasteiger charge is -2.38. The van der Waals surface area contributed by atoms with E-state index in [1.54, 1.807) is 12.1 Å². The molecule has 0 saturated heterocycles. The highest BCUT2D eigenvalue weighted by Gasteiger charge is 2.53. The van der Waals surface area contributed by atoms with Crippen LogP contribution in [-0.2, 0) is 14.3 Å². The SMILES string of the molecule is CCOC(=O)C(c1ccc(C2CC(=O)C2(Cl)Cl)cc1)[C@@H](C)C(F)(F)F. The summed E-state index contributed by atoms with van der Waals surface area (Å²) in [4.78, 5) is 23.5. The fourth-order valence-corrected chi connectivity index (χ4v) is 3.39. The zero-order chi connectivity index (χ0) is 19.0. The predicted octanol–water partition coefficient (Wildman–Crippen LogP) is 4.76. The van der Waals surface area contributed by atoms with Crippen LogP contribution in [0.5, 0.6) is 0 Å². The Balaban J connectivity index is 2.29. The Morgan fingerprint density at radius 2 is 1.88 bits per heavy atom. The molecule has 8 heteroatoms. The molecule has 0 radical (unpaired) electrons. The van der Waals surface area contributed by atoms with Crippen LogP contribution in [0.15, 0.2) is 24.3 Å². The number of carbonyl (C=O) groups excluding carboxylic acids is 2. The highest BCUT2D eigenvalue weighted by Crippen LogP contribution is 2.51. The van der Waals surface area contributed by atoms with Gasteiger partial charge in [-0.25, -0.2) is 0 Å². The number of esters is 1. The summed E-state index contributed by atoms with van der Waals surface area (Å²) in [5.74, 6) is -5.00. The summed E-state index contributed by atoms with van der Waals surface area (Å²) < 4.78 is 42.7. The van der Waals surface area contributed by atoms with Crippen LogP contribution in [0, 0.1) is 5.92 Å². The van der Waals surface area contributed by atoms with Crippen molar-refractivity contribution in [1.29, 1.82) is 0 Å². The van der Waals surface area contributed by atoms with Crippen molar-refractivity contribution in [3.05, 3.63) is 35.4 Å². The molecule has 0 N–H and O–H groups in total. The van der Waals surface area contributed by atoms with E-state index in [1.165, 1.54) is 19.1 Å².